The first-order valence-corrected chi connectivity index (χ1v) is 5.97. The number of ether oxygens (including phenoxy) is 1. The van der Waals surface area contributed by atoms with Gasteiger partial charge >= 0.3 is 0 Å². The number of nitrogens with two attached hydrogens (primary N) is 1. The summed E-state index contributed by atoms with van der Waals surface area (Å²) in [4.78, 5) is 13.1. The molecule has 0 bridgehead atoms. The number of carbonyl (C=O) groups excluding carboxylic acids is 1. The minimum atomic E-state index is -0.494. The maximum Gasteiger partial charge on any atom is 0.225 e. The van der Waals surface area contributed by atoms with Crippen LogP contribution in [-0.2, 0) is 9.53 Å². The molecular formula is C13H22N2O3. The van der Waals surface area contributed by atoms with Gasteiger partial charge in [-0.1, -0.05) is 6.08 Å². The first kappa shape index (κ1) is 14.9. The smallest absolute Gasteiger partial charge is 0.225 e. The Morgan fingerprint density at radius 2 is 2.11 bits per heavy atom. The highest BCUT2D eigenvalue weighted by Crippen LogP contribution is 2.19. The highest BCUT2D eigenvalue weighted by molar-refractivity contribution is 5.75. The van der Waals surface area contributed by atoms with Gasteiger partial charge in [0.2, 0.25) is 5.91 Å². The summed E-state index contributed by atoms with van der Waals surface area (Å²) in [6.45, 7) is 7.00. The van der Waals surface area contributed by atoms with Crippen LogP contribution in [0, 0.1) is 0 Å². The van der Waals surface area contributed by atoms with E-state index in [1.807, 2.05) is 20.8 Å². The Hall–Kier alpha value is -1.17. The number of carbonyl (C=O) groups is 1. The first-order valence-electron chi connectivity index (χ1n) is 5.97. The summed E-state index contributed by atoms with van der Waals surface area (Å²) in [5.41, 5.74) is 6.36. The third-order valence-electron chi connectivity index (χ3n) is 2.97. The predicted molar refractivity (Wildman–Crippen MR) is 69.4 cm³/mol. The molecule has 18 heavy (non-hydrogen) atoms. The van der Waals surface area contributed by atoms with E-state index in [2.05, 4.69) is 0 Å². The fourth-order valence-corrected chi connectivity index (χ4v) is 1.47. The van der Waals surface area contributed by atoms with Gasteiger partial charge in [-0.25, -0.2) is 0 Å². The van der Waals surface area contributed by atoms with Crippen molar-refractivity contribution in [1.29, 1.82) is 0 Å². The van der Waals surface area contributed by atoms with Crippen molar-refractivity contribution in [3.63, 3.8) is 0 Å². The normalized spacial score (nSPS) is 24.4. The van der Waals surface area contributed by atoms with Gasteiger partial charge in [-0.05, 0) is 32.4 Å². The van der Waals surface area contributed by atoms with Gasteiger partial charge in [-0.3, -0.25) is 9.69 Å². The van der Waals surface area contributed by atoms with Gasteiger partial charge < -0.3 is 15.6 Å². The van der Waals surface area contributed by atoms with E-state index in [-0.39, 0.29) is 18.6 Å². The van der Waals surface area contributed by atoms with E-state index in [1.165, 1.54) is 11.8 Å². The number of rotatable bonds is 4. The fraction of sp³-hybridized carbons (Fsp3) is 0.615. The molecule has 1 rings (SSSR count). The standard InChI is InChI=1S/C13H22N2O3/c1-9(13(3,4)14)7-15(10(2)17)12-6-5-11(8-16)18-12/h5-7,11-12,16H,8,14H2,1-4H3/b9-7-. The lowest BCUT2D eigenvalue weighted by Gasteiger charge is -2.28. The molecule has 0 fully saturated rings. The lowest BCUT2D eigenvalue weighted by atomic mass is 9.98. The van der Waals surface area contributed by atoms with Crippen LogP contribution in [0.3, 0.4) is 0 Å². The Morgan fingerprint density at radius 3 is 2.50 bits per heavy atom. The third-order valence-corrected chi connectivity index (χ3v) is 2.97. The van der Waals surface area contributed by atoms with E-state index in [1.54, 1.807) is 18.4 Å². The van der Waals surface area contributed by atoms with E-state index in [0.29, 0.717) is 0 Å². The fourth-order valence-electron chi connectivity index (χ4n) is 1.47. The minimum Gasteiger partial charge on any atom is -0.393 e. The Labute approximate surface area is 108 Å². The summed E-state index contributed by atoms with van der Waals surface area (Å²) < 4.78 is 5.51. The molecule has 1 aliphatic rings. The van der Waals surface area contributed by atoms with Crippen LogP contribution in [0.2, 0.25) is 0 Å². The van der Waals surface area contributed by atoms with Crippen LogP contribution in [-0.4, -0.2) is 40.4 Å². The van der Waals surface area contributed by atoms with Gasteiger partial charge in [0.1, 0.15) is 6.10 Å². The maximum atomic E-state index is 11.7. The maximum absolute atomic E-state index is 11.7. The van der Waals surface area contributed by atoms with Crippen molar-refractivity contribution in [2.75, 3.05) is 6.61 Å². The molecule has 1 amide bonds. The van der Waals surface area contributed by atoms with Crippen LogP contribution in [0.1, 0.15) is 27.7 Å². The molecule has 1 heterocycles. The molecule has 5 heteroatoms. The molecule has 0 aromatic rings. The van der Waals surface area contributed by atoms with Crippen molar-refractivity contribution in [3.8, 4) is 0 Å². The van der Waals surface area contributed by atoms with Crippen LogP contribution in [0.5, 0.6) is 0 Å². The number of amides is 1. The Bertz CT molecular complexity index is 369. The second-order valence-electron chi connectivity index (χ2n) is 5.09. The minimum absolute atomic E-state index is 0.0934. The summed E-state index contributed by atoms with van der Waals surface area (Å²) in [6, 6.07) is 0. The van der Waals surface area contributed by atoms with Gasteiger partial charge in [-0.2, -0.15) is 0 Å². The zero-order valence-electron chi connectivity index (χ0n) is 11.4. The molecule has 0 aromatic carbocycles. The van der Waals surface area contributed by atoms with Crippen molar-refractivity contribution in [2.45, 2.75) is 45.6 Å². The monoisotopic (exact) mass is 254 g/mol. The number of nitrogens with zero attached hydrogens (tertiary/aromatic N) is 1. The number of aliphatic hydroxyl groups is 1. The van der Waals surface area contributed by atoms with Crippen LogP contribution < -0.4 is 5.73 Å². The second-order valence-corrected chi connectivity index (χ2v) is 5.09. The number of hydrogen-bond donors (Lipinski definition) is 2. The number of hydrogen-bond acceptors (Lipinski definition) is 4. The van der Waals surface area contributed by atoms with Crippen molar-refractivity contribution < 1.29 is 14.6 Å². The summed E-state index contributed by atoms with van der Waals surface area (Å²) >= 11 is 0. The predicted octanol–water partition coefficient (Wildman–Crippen LogP) is 0.749. The van der Waals surface area contributed by atoms with Crippen LogP contribution in [0.15, 0.2) is 23.9 Å². The third kappa shape index (κ3) is 3.66. The highest BCUT2D eigenvalue weighted by atomic mass is 16.5. The van der Waals surface area contributed by atoms with E-state index in [4.69, 9.17) is 15.6 Å². The van der Waals surface area contributed by atoms with E-state index >= 15 is 0 Å². The highest BCUT2D eigenvalue weighted by Gasteiger charge is 2.26. The van der Waals surface area contributed by atoms with E-state index < -0.39 is 11.8 Å². The van der Waals surface area contributed by atoms with Crippen LogP contribution in [0.4, 0.5) is 0 Å². The van der Waals surface area contributed by atoms with Crippen LogP contribution >= 0.6 is 0 Å². The quantitative estimate of drug-likeness (QED) is 0.726. The summed E-state index contributed by atoms with van der Waals surface area (Å²) in [7, 11) is 0. The van der Waals surface area contributed by atoms with Gasteiger partial charge in [0.05, 0.1) is 6.61 Å². The van der Waals surface area contributed by atoms with Gasteiger partial charge in [0, 0.05) is 18.7 Å². The summed E-state index contributed by atoms with van der Waals surface area (Å²) in [5.74, 6) is -0.133. The molecule has 2 atom stereocenters. The first-order chi connectivity index (χ1) is 8.25. The van der Waals surface area contributed by atoms with Gasteiger partial charge in [0.15, 0.2) is 6.23 Å². The largest absolute Gasteiger partial charge is 0.393 e. The average molecular weight is 254 g/mol. The molecule has 5 nitrogen and oxygen atoms in total. The van der Waals surface area contributed by atoms with Crippen molar-refractivity contribution in [2.24, 2.45) is 5.73 Å². The zero-order valence-corrected chi connectivity index (χ0v) is 11.4. The van der Waals surface area contributed by atoms with Gasteiger partial charge in [-0.15, -0.1) is 0 Å². The molecule has 0 aromatic heterocycles. The Balaban J connectivity index is 2.86. The molecule has 2 unspecified atom stereocenters. The van der Waals surface area contributed by atoms with Gasteiger partial charge in [0.25, 0.3) is 0 Å². The molecule has 0 aliphatic carbocycles. The Morgan fingerprint density at radius 1 is 1.50 bits per heavy atom. The second kappa shape index (κ2) is 5.65. The Kier molecular flexibility index (Phi) is 4.67. The lowest BCUT2D eigenvalue weighted by Crippen LogP contribution is -2.39. The van der Waals surface area contributed by atoms with E-state index in [0.717, 1.165) is 5.57 Å². The van der Waals surface area contributed by atoms with Crippen LogP contribution in [0.25, 0.3) is 0 Å². The molecule has 0 radical (unpaired) electrons. The SMILES string of the molecule is CC(=O)N(/C=C(/C)C(C)(C)N)C1C=CC(CO)O1. The van der Waals surface area contributed by atoms with Crippen molar-refractivity contribution in [3.05, 3.63) is 23.9 Å². The zero-order chi connectivity index (χ0) is 13.9. The lowest BCUT2D eigenvalue weighted by molar-refractivity contribution is -0.136. The molecule has 0 spiro atoms. The average Bonchev–Trinajstić information content (AvgIpc) is 2.71. The molecular weight excluding hydrogens is 232 g/mol. The molecule has 0 saturated carbocycles. The molecule has 1 aliphatic heterocycles. The summed E-state index contributed by atoms with van der Waals surface area (Å²) in [5, 5.41) is 9.00. The van der Waals surface area contributed by atoms with E-state index in [9.17, 15) is 4.79 Å². The summed E-state index contributed by atoms with van der Waals surface area (Å²) in [6.07, 6.45) is 4.39. The molecule has 0 saturated heterocycles. The molecule has 3 N–H and O–H groups in total. The topological polar surface area (TPSA) is 75.8 Å². The molecule has 102 valence electrons. The van der Waals surface area contributed by atoms with Crippen molar-refractivity contribution >= 4 is 5.91 Å². The number of aliphatic hydroxyl groups excluding tert-OH is 1. The van der Waals surface area contributed by atoms with Crippen molar-refractivity contribution in [1.82, 2.24) is 4.90 Å².